The Balaban J connectivity index is 5.21. The first-order chi connectivity index (χ1) is 44.1. The van der Waals surface area contributed by atoms with E-state index in [4.69, 9.17) is 37.0 Å². The lowest BCUT2D eigenvalue weighted by atomic mass is 10.0. The normalized spacial score (nSPS) is 14.2. The van der Waals surface area contributed by atoms with Crippen LogP contribution in [0.2, 0.25) is 0 Å². The van der Waals surface area contributed by atoms with Gasteiger partial charge in [-0.25, -0.2) is 9.13 Å². The lowest BCUT2D eigenvalue weighted by molar-refractivity contribution is -0.161. The first-order valence-electron chi connectivity index (χ1n) is 37.7. The summed E-state index contributed by atoms with van der Waals surface area (Å²) in [5, 5.41) is 10.6. The highest BCUT2D eigenvalue weighted by Crippen LogP contribution is 2.45. The van der Waals surface area contributed by atoms with Crippen LogP contribution in [0.15, 0.2) is 0 Å². The monoisotopic (exact) mass is 1350 g/mol. The molecule has 0 bridgehead atoms. The topological polar surface area (TPSA) is 237 Å². The number of unbranched alkanes of at least 4 members (excludes halogenated alkanes) is 36. The fraction of sp³-hybridized carbons (Fsp3) is 0.945. The molecule has 0 aromatic rings. The standard InChI is InChI=1S/C73H142O17P2/c1-63(2)49-41-33-25-20-16-12-10-9-11-13-18-22-28-37-45-53-70(75)83-59-68(89-72(77)55-47-39-29-23-19-15-14-17-21-26-34-42-50-64(3)4)61-87-91(79,80)85-57-67(74)58-86-92(81,82)88-62-69(90-73(78)56-48-40-32-31-36-44-52-66(7)8)60-84-71(76)54-46-38-30-24-27-35-43-51-65(5)6/h63-69,74H,9-62H2,1-8H3,(H,79,80)(H,81,82)/t67?,68-,69-/m1/s1. The number of aliphatic hydroxyl groups excluding tert-OH is 1. The van der Waals surface area contributed by atoms with Gasteiger partial charge in [0.15, 0.2) is 12.2 Å². The number of phosphoric ester groups is 2. The second-order valence-electron chi connectivity index (χ2n) is 28.2. The number of carbonyl (C=O) groups is 4. The third kappa shape index (κ3) is 66.7. The SMILES string of the molecule is CC(C)CCCCCCCCCCCCCCCCCC(=O)OC[C@H](COP(=O)(O)OCC(O)COP(=O)(O)OC[C@@H](COC(=O)CCCCCCCCCC(C)C)OC(=O)CCCCCCCCC(C)C)OC(=O)CCCCCCCCCCCCCCC(C)C. The van der Waals surface area contributed by atoms with Crippen LogP contribution >= 0.6 is 15.6 Å². The fourth-order valence-electron chi connectivity index (χ4n) is 11.0. The van der Waals surface area contributed by atoms with Crippen molar-refractivity contribution < 1.29 is 80.2 Å². The van der Waals surface area contributed by atoms with Gasteiger partial charge in [-0.15, -0.1) is 0 Å². The molecule has 19 heteroatoms. The van der Waals surface area contributed by atoms with E-state index in [1.54, 1.807) is 0 Å². The van der Waals surface area contributed by atoms with Crippen molar-refractivity contribution >= 4 is 39.5 Å². The minimum absolute atomic E-state index is 0.101. The molecule has 0 fully saturated rings. The molecule has 0 aliphatic heterocycles. The van der Waals surface area contributed by atoms with Crippen molar-refractivity contribution in [1.82, 2.24) is 0 Å². The van der Waals surface area contributed by atoms with Crippen molar-refractivity contribution in [1.29, 1.82) is 0 Å². The Labute approximate surface area is 562 Å². The highest BCUT2D eigenvalue weighted by atomic mass is 31.2. The largest absolute Gasteiger partial charge is 0.472 e. The maximum Gasteiger partial charge on any atom is 0.472 e. The van der Waals surface area contributed by atoms with E-state index in [9.17, 15) is 43.2 Å². The van der Waals surface area contributed by atoms with E-state index in [1.165, 1.54) is 161 Å². The average Bonchev–Trinajstić information content (AvgIpc) is 3.68. The summed E-state index contributed by atoms with van der Waals surface area (Å²) in [6, 6.07) is 0. The van der Waals surface area contributed by atoms with Gasteiger partial charge in [-0.2, -0.15) is 0 Å². The zero-order valence-corrected chi connectivity index (χ0v) is 62.0. The lowest BCUT2D eigenvalue weighted by Crippen LogP contribution is -2.30. The summed E-state index contributed by atoms with van der Waals surface area (Å²) < 4.78 is 68.3. The molecule has 0 spiro atoms. The minimum atomic E-state index is -4.96. The Kier molecular flexibility index (Phi) is 61.3. The Bertz CT molecular complexity index is 1820. The van der Waals surface area contributed by atoms with Crippen LogP contribution in [-0.2, 0) is 65.4 Å². The predicted molar refractivity (Wildman–Crippen MR) is 372 cm³/mol. The number of hydrogen-bond donors (Lipinski definition) is 3. The highest BCUT2D eigenvalue weighted by Gasteiger charge is 2.30. The lowest BCUT2D eigenvalue weighted by Gasteiger charge is -2.21. The molecular weight excluding hydrogens is 1210 g/mol. The molecule has 0 aliphatic rings. The van der Waals surface area contributed by atoms with E-state index >= 15 is 0 Å². The van der Waals surface area contributed by atoms with E-state index < -0.39 is 97.5 Å². The molecule has 0 saturated carbocycles. The molecule has 0 aliphatic carbocycles. The second kappa shape index (κ2) is 62.6. The third-order valence-electron chi connectivity index (χ3n) is 16.8. The summed E-state index contributed by atoms with van der Waals surface area (Å²) in [7, 11) is -9.90. The van der Waals surface area contributed by atoms with Crippen LogP contribution in [-0.4, -0.2) is 96.7 Å². The van der Waals surface area contributed by atoms with Gasteiger partial charge in [0.1, 0.15) is 19.3 Å². The van der Waals surface area contributed by atoms with Gasteiger partial charge < -0.3 is 33.8 Å². The van der Waals surface area contributed by atoms with Crippen LogP contribution in [0.25, 0.3) is 0 Å². The van der Waals surface area contributed by atoms with Crippen LogP contribution < -0.4 is 0 Å². The quantitative estimate of drug-likeness (QED) is 0.0222. The number of ether oxygens (including phenoxy) is 4. The van der Waals surface area contributed by atoms with E-state index in [0.29, 0.717) is 37.5 Å². The number of esters is 4. The van der Waals surface area contributed by atoms with Crippen molar-refractivity contribution in [2.24, 2.45) is 23.7 Å². The molecule has 0 heterocycles. The summed E-state index contributed by atoms with van der Waals surface area (Å²) in [4.78, 5) is 72.6. The molecule has 546 valence electrons. The third-order valence-corrected chi connectivity index (χ3v) is 18.7. The van der Waals surface area contributed by atoms with Gasteiger partial charge in [0, 0.05) is 25.7 Å². The predicted octanol–water partition coefficient (Wildman–Crippen LogP) is 20.9. The summed E-state index contributed by atoms with van der Waals surface area (Å²) >= 11 is 0. The van der Waals surface area contributed by atoms with Crippen molar-refractivity contribution in [3.05, 3.63) is 0 Å². The van der Waals surface area contributed by atoms with Crippen molar-refractivity contribution in [3.63, 3.8) is 0 Å². The van der Waals surface area contributed by atoms with Gasteiger partial charge >= 0.3 is 39.5 Å². The number of rotatable bonds is 70. The molecule has 0 aromatic carbocycles. The molecule has 0 rings (SSSR count). The van der Waals surface area contributed by atoms with Gasteiger partial charge in [-0.3, -0.25) is 37.3 Å². The minimum Gasteiger partial charge on any atom is -0.462 e. The zero-order chi connectivity index (χ0) is 68.2. The molecule has 0 saturated heterocycles. The van der Waals surface area contributed by atoms with Gasteiger partial charge in [0.25, 0.3) is 0 Å². The molecule has 92 heavy (non-hydrogen) atoms. The first-order valence-corrected chi connectivity index (χ1v) is 40.7. The Morgan fingerprint density at radius 3 is 0.674 bits per heavy atom. The van der Waals surface area contributed by atoms with Crippen molar-refractivity contribution in [3.8, 4) is 0 Å². The number of carbonyl (C=O) groups excluding carboxylic acids is 4. The van der Waals surface area contributed by atoms with Crippen LogP contribution in [0.3, 0.4) is 0 Å². The Hall–Kier alpha value is -1.94. The summed E-state index contributed by atoms with van der Waals surface area (Å²) in [5.41, 5.74) is 0. The molecule has 5 atom stereocenters. The van der Waals surface area contributed by atoms with E-state index in [1.807, 2.05) is 0 Å². The molecule has 3 unspecified atom stereocenters. The second-order valence-corrected chi connectivity index (χ2v) is 31.1. The van der Waals surface area contributed by atoms with E-state index in [0.717, 1.165) is 108 Å². The van der Waals surface area contributed by atoms with Crippen molar-refractivity contribution in [2.75, 3.05) is 39.6 Å². The van der Waals surface area contributed by atoms with Crippen molar-refractivity contribution in [2.45, 2.75) is 382 Å². The molecule has 0 radical (unpaired) electrons. The summed E-state index contributed by atoms with van der Waals surface area (Å²) in [6.07, 6.45) is 46.1. The van der Waals surface area contributed by atoms with Gasteiger partial charge in [-0.05, 0) is 49.4 Å². The first kappa shape index (κ1) is 90.1. The average molecular weight is 1350 g/mol. The van der Waals surface area contributed by atoms with Gasteiger partial charge in [0.05, 0.1) is 26.4 Å². The molecular formula is C73H142O17P2. The highest BCUT2D eigenvalue weighted by molar-refractivity contribution is 7.47. The molecule has 0 aromatic heterocycles. The Morgan fingerprint density at radius 2 is 0.457 bits per heavy atom. The van der Waals surface area contributed by atoms with Gasteiger partial charge in [-0.1, -0.05) is 312 Å². The smallest absolute Gasteiger partial charge is 0.462 e. The van der Waals surface area contributed by atoms with E-state index in [2.05, 4.69) is 55.4 Å². The van der Waals surface area contributed by atoms with Crippen LogP contribution in [0.5, 0.6) is 0 Å². The molecule has 17 nitrogen and oxygen atoms in total. The van der Waals surface area contributed by atoms with Crippen LogP contribution in [0.1, 0.15) is 364 Å². The summed E-state index contributed by atoms with van der Waals surface area (Å²) in [5.74, 6) is 0.827. The number of hydrogen-bond acceptors (Lipinski definition) is 15. The summed E-state index contributed by atoms with van der Waals surface area (Å²) in [6.45, 7) is 14.1. The maximum atomic E-state index is 13.1. The van der Waals surface area contributed by atoms with Crippen LogP contribution in [0, 0.1) is 23.7 Å². The van der Waals surface area contributed by atoms with E-state index in [-0.39, 0.29) is 25.7 Å². The molecule has 0 amide bonds. The molecule has 3 N–H and O–H groups in total. The maximum absolute atomic E-state index is 13.1. The van der Waals surface area contributed by atoms with Gasteiger partial charge in [0.2, 0.25) is 0 Å². The number of aliphatic hydroxyl groups is 1. The zero-order valence-electron chi connectivity index (χ0n) is 60.2. The number of phosphoric acid groups is 2. The Morgan fingerprint density at radius 1 is 0.272 bits per heavy atom. The van der Waals surface area contributed by atoms with Crippen LogP contribution in [0.4, 0.5) is 0 Å². The fourth-order valence-corrected chi connectivity index (χ4v) is 12.6.